The first-order valence-electron chi connectivity index (χ1n) is 10.4. The van der Waals surface area contributed by atoms with E-state index in [0.29, 0.717) is 5.13 Å². The molecule has 0 saturated heterocycles. The normalized spacial score (nSPS) is 15.0. The molecule has 160 valence electrons. The molecule has 0 spiro atoms. The van der Waals surface area contributed by atoms with Crippen LogP contribution in [0.5, 0.6) is 11.5 Å². The molecule has 0 radical (unpaired) electrons. The molecule has 0 fully saturated rings. The van der Waals surface area contributed by atoms with E-state index < -0.39 is 0 Å². The highest BCUT2D eigenvalue weighted by molar-refractivity contribution is 7.22. The van der Waals surface area contributed by atoms with Crippen LogP contribution in [-0.2, 0) is 11.2 Å². The van der Waals surface area contributed by atoms with Crippen molar-refractivity contribution in [2.75, 3.05) is 12.0 Å². The summed E-state index contributed by atoms with van der Waals surface area (Å²) in [7, 11) is 1.64. The first-order chi connectivity index (χ1) is 15.6. The zero-order chi connectivity index (χ0) is 22.1. The summed E-state index contributed by atoms with van der Waals surface area (Å²) >= 11 is 1.49. The number of nitrogens with zero attached hydrogens (tertiary/aromatic N) is 2. The summed E-state index contributed by atoms with van der Waals surface area (Å²) in [6, 6.07) is 21.4. The molecule has 1 aliphatic heterocycles. The lowest BCUT2D eigenvalue weighted by atomic mass is 10.1. The number of rotatable bonds is 5. The van der Waals surface area contributed by atoms with Gasteiger partial charge in [-0.05, 0) is 49.4 Å². The van der Waals surface area contributed by atoms with Crippen LogP contribution in [0.1, 0.15) is 18.1 Å². The van der Waals surface area contributed by atoms with Crippen molar-refractivity contribution >= 4 is 44.4 Å². The van der Waals surface area contributed by atoms with Crippen molar-refractivity contribution in [2.45, 2.75) is 19.4 Å². The minimum atomic E-state index is -0.188. The third kappa shape index (κ3) is 3.85. The maximum absolute atomic E-state index is 13.4. The van der Waals surface area contributed by atoms with Crippen molar-refractivity contribution in [1.82, 2.24) is 4.98 Å². The number of carbonyl (C=O) groups excluding carboxylic acids is 1. The Hall–Kier alpha value is -3.64. The van der Waals surface area contributed by atoms with Crippen molar-refractivity contribution in [3.8, 4) is 11.5 Å². The number of ether oxygens (including phenoxy) is 2. The van der Waals surface area contributed by atoms with Crippen molar-refractivity contribution in [3.05, 3.63) is 83.9 Å². The van der Waals surface area contributed by atoms with Gasteiger partial charge in [-0.25, -0.2) is 4.98 Å². The molecule has 0 saturated carbocycles. The number of thiazole rings is 1. The van der Waals surface area contributed by atoms with E-state index in [1.54, 1.807) is 24.2 Å². The topological polar surface area (TPSA) is 51.7 Å². The van der Waals surface area contributed by atoms with Crippen molar-refractivity contribution in [1.29, 1.82) is 0 Å². The standard InChI is InChI=1S/C26H22N2O3S/c1-17-14-19-16-22(30-2)18(15-23(19)31-17)12-13-25(29)28(20-8-4-3-5-9-20)26-27-21-10-6-7-11-24(21)32-26/h3-13,15-17H,14H2,1-2H3/b13-12+. The second-order valence-electron chi connectivity index (χ2n) is 7.64. The fourth-order valence-corrected chi connectivity index (χ4v) is 4.85. The van der Waals surface area contributed by atoms with E-state index in [9.17, 15) is 4.79 Å². The third-order valence-electron chi connectivity index (χ3n) is 5.36. The molecule has 0 bridgehead atoms. The summed E-state index contributed by atoms with van der Waals surface area (Å²) in [6.07, 6.45) is 4.33. The lowest BCUT2D eigenvalue weighted by Gasteiger charge is -2.18. The largest absolute Gasteiger partial charge is 0.496 e. The van der Waals surface area contributed by atoms with E-state index in [4.69, 9.17) is 14.5 Å². The van der Waals surface area contributed by atoms with Gasteiger partial charge in [-0.2, -0.15) is 0 Å². The Morgan fingerprint density at radius 3 is 2.72 bits per heavy atom. The number of anilines is 2. The molecular formula is C26H22N2O3S. The average molecular weight is 443 g/mol. The van der Waals surface area contributed by atoms with E-state index >= 15 is 0 Å². The maximum Gasteiger partial charge on any atom is 0.257 e. The van der Waals surface area contributed by atoms with Gasteiger partial charge in [0.05, 0.1) is 23.0 Å². The first kappa shape index (κ1) is 20.3. The second kappa shape index (κ2) is 8.48. The van der Waals surface area contributed by atoms with Crippen LogP contribution in [-0.4, -0.2) is 24.1 Å². The minimum Gasteiger partial charge on any atom is -0.496 e. The molecule has 1 aromatic heterocycles. The Bertz CT molecular complexity index is 1280. The predicted octanol–water partition coefficient (Wildman–Crippen LogP) is 6.01. The molecule has 1 aliphatic rings. The summed E-state index contributed by atoms with van der Waals surface area (Å²) < 4.78 is 12.5. The first-order valence-corrected chi connectivity index (χ1v) is 11.2. The van der Waals surface area contributed by atoms with E-state index in [2.05, 4.69) is 0 Å². The summed E-state index contributed by atoms with van der Waals surface area (Å²) in [5.41, 5.74) is 3.56. The molecule has 1 atom stereocenters. The van der Waals surface area contributed by atoms with Crippen molar-refractivity contribution in [3.63, 3.8) is 0 Å². The summed E-state index contributed by atoms with van der Waals surface area (Å²) in [6.45, 7) is 2.04. The Labute approximate surface area is 190 Å². The van der Waals surface area contributed by atoms with E-state index in [0.717, 1.165) is 45.0 Å². The lowest BCUT2D eigenvalue weighted by Crippen LogP contribution is -2.23. The number of amides is 1. The second-order valence-corrected chi connectivity index (χ2v) is 8.65. The molecule has 6 heteroatoms. The van der Waals surface area contributed by atoms with E-state index in [1.165, 1.54) is 11.3 Å². The molecule has 2 heterocycles. The van der Waals surface area contributed by atoms with Crippen LogP contribution in [0.2, 0.25) is 0 Å². The number of para-hydroxylation sites is 2. The van der Waals surface area contributed by atoms with Gasteiger partial charge in [0, 0.05) is 23.6 Å². The molecule has 4 aromatic rings. The van der Waals surface area contributed by atoms with Crippen LogP contribution >= 0.6 is 11.3 Å². The average Bonchev–Trinajstić information content (AvgIpc) is 3.39. The maximum atomic E-state index is 13.4. The quantitative estimate of drug-likeness (QED) is 0.355. The van der Waals surface area contributed by atoms with Crippen LogP contribution in [0.25, 0.3) is 16.3 Å². The molecule has 5 nitrogen and oxygen atoms in total. The predicted molar refractivity (Wildman–Crippen MR) is 129 cm³/mol. The van der Waals surface area contributed by atoms with Crippen LogP contribution in [0, 0.1) is 0 Å². The number of hydrogen-bond donors (Lipinski definition) is 0. The number of benzene rings is 3. The van der Waals surface area contributed by atoms with Crippen LogP contribution < -0.4 is 14.4 Å². The Balaban J connectivity index is 1.51. The molecular weight excluding hydrogens is 420 g/mol. The summed E-state index contributed by atoms with van der Waals surface area (Å²) in [5, 5.41) is 0.630. The molecule has 0 N–H and O–H groups in total. The van der Waals surface area contributed by atoms with Gasteiger partial charge in [0.25, 0.3) is 5.91 Å². The van der Waals surface area contributed by atoms with Gasteiger partial charge >= 0.3 is 0 Å². The van der Waals surface area contributed by atoms with Gasteiger partial charge < -0.3 is 9.47 Å². The van der Waals surface area contributed by atoms with Gasteiger partial charge in [0.2, 0.25) is 0 Å². The highest BCUT2D eigenvalue weighted by Gasteiger charge is 2.22. The fourth-order valence-electron chi connectivity index (χ4n) is 3.86. The van der Waals surface area contributed by atoms with Gasteiger partial charge in [-0.1, -0.05) is 41.7 Å². The molecule has 1 unspecified atom stereocenters. The zero-order valence-electron chi connectivity index (χ0n) is 17.8. The van der Waals surface area contributed by atoms with Crippen LogP contribution in [0.3, 0.4) is 0 Å². The van der Waals surface area contributed by atoms with Gasteiger partial charge in [-0.3, -0.25) is 9.69 Å². The van der Waals surface area contributed by atoms with Gasteiger partial charge in [-0.15, -0.1) is 0 Å². The smallest absolute Gasteiger partial charge is 0.257 e. The molecule has 5 rings (SSSR count). The van der Waals surface area contributed by atoms with Gasteiger partial charge in [0.15, 0.2) is 5.13 Å². The molecule has 32 heavy (non-hydrogen) atoms. The number of aromatic nitrogens is 1. The Kier molecular flexibility index (Phi) is 5.37. The SMILES string of the molecule is COc1cc2c(cc1/C=C/C(=O)N(c1ccccc1)c1nc3ccccc3s1)OC(C)C2. The van der Waals surface area contributed by atoms with Crippen LogP contribution in [0.4, 0.5) is 10.8 Å². The number of fused-ring (bicyclic) bond motifs is 2. The summed E-state index contributed by atoms with van der Waals surface area (Å²) in [5.74, 6) is 1.38. The monoisotopic (exact) mass is 442 g/mol. The number of methoxy groups -OCH3 is 1. The highest BCUT2D eigenvalue weighted by atomic mass is 32.1. The Morgan fingerprint density at radius 1 is 1.16 bits per heavy atom. The third-order valence-corrected chi connectivity index (χ3v) is 6.38. The molecule has 3 aromatic carbocycles. The minimum absolute atomic E-state index is 0.142. The number of hydrogen-bond acceptors (Lipinski definition) is 5. The van der Waals surface area contributed by atoms with E-state index in [1.807, 2.05) is 73.7 Å². The number of carbonyl (C=O) groups is 1. The Morgan fingerprint density at radius 2 is 1.94 bits per heavy atom. The van der Waals surface area contributed by atoms with Crippen molar-refractivity contribution in [2.24, 2.45) is 0 Å². The van der Waals surface area contributed by atoms with Crippen LogP contribution in [0.15, 0.2) is 72.8 Å². The zero-order valence-corrected chi connectivity index (χ0v) is 18.6. The molecule has 1 amide bonds. The van der Waals surface area contributed by atoms with Crippen molar-refractivity contribution < 1.29 is 14.3 Å². The van der Waals surface area contributed by atoms with Gasteiger partial charge in [0.1, 0.15) is 17.6 Å². The lowest BCUT2D eigenvalue weighted by molar-refractivity contribution is -0.113. The molecule has 0 aliphatic carbocycles. The highest BCUT2D eigenvalue weighted by Crippen LogP contribution is 2.36. The van der Waals surface area contributed by atoms with E-state index in [-0.39, 0.29) is 12.0 Å². The summed E-state index contributed by atoms with van der Waals surface area (Å²) in [4.78, 5) is 19.8. The fraction of sp³-hybridized carbons (Fsp3) is 0.154.